The van der Waals surface area contributed by atoms with Gasteiger partial charge in [0.15, 0.2) is 11.5 Å². The summed E-state index contributed by atoms with van der Waals surface area (Å²) >= 11 is 3.52. The lowest BCUT2D eigenvalue weighted by Gasteiger charge is -2.24. The highest BCUT2D eigenvalue weighted by molar-refractivity contribution is 9.10. The van der Waals surface area contributed by atoms with E-state index >= 15 is 0 Å². The molecule has 0 amide bonds. The van der Waals surface area contributed by atoms with Crippen LogP contribution in [-0.2, 0) is 13.2 Å². The highest BCUT2D eigenvalue weighted by Gasteiger charge is 2.17. The third kappa shape index (κ3) is 6.43. The third-order valence-electron chi connectivity index (χ3n) is 3.75. The Morgan fingerprint density at radius 3 is 2.38 bits per heavy atom. The van der Waals surface area contributed by atoms with Crippen LogP contribution in [0.3, 0.4) is 0 Å². The van der Waals surface area contributed by atoms with E-state index in [1.807, 2.05) is 26.0 Å². The maximum absolute atomic E-state index is 13.0. The van der Waals surface area contributed by atoms with Crippen LogP contribution in [0.25, 0.3) is 0 Å². The smallest absolute Gasteiger partial charge is 0.175 e. The summed E-state index contributed by atoms with van der Waals surface area (Å²) in [6.07, 6.45) is 0. The van der Waals surface area contributed by atoms with Gasteiger partial charge in [-0.15, -0.1) is 12.4 Å². The molecule has 2 rings (SSSR count). The van der Waals surface area contributed by atoms with Crippen molar-refractivity contribution in [3.8, 4) is 11.5 Å². The zero-order valence-electron chi connectivity index (χ0n) is 15.0. The maximum Gasteiger partial charge on any atom is 0.175 e. The minimum atomic E-state index is -0.364. The van der Waals surface area contributed by atoms with Gasteiger partial charge in [0.2, 0.25) is 0 Å². The SMILES string of the molecule is COc1cc(CNC(C)(C)CO)cc(Br)c1OCc1ccc(F)cc1.Cl. The van der Waals surface area contributed by atoms with Crippen LogP contribution in [0.4, 0.5) is 4.39 Å². The molecule has 7 heteroatoms. The monoisotopic (exact) mass is 447 g/mol. The fourth-order valence-corrected chi connectivity index (χ4v) is 2.75. The van der Waals surface area contributed by atoms with Crippen LogP contribution in [0, 0.1) is 5.82 Å². The highest BCUT2D eigenvalue weighted by atomic mass is 79.9. The number of ether oxygens (including phenoxy) is 2. The summed E-state index contributed by atoms with van der Waals surface area (Å²) in [5, 5.41) is 12.6. The fourth-order valence-electron chi connectivity index (χ4n) is 2.15. The first-order valence-electron chi connectivity index (χ1n) is 7.94. The summed E-state index contributed by atoms with van der Waals surface area (Å²) in [5.41, 5.74) is 1.50. The van der Waals surface area contributed by atoms with Crippen LogP contribution in [0.1, 0.15) is 25.0 Å². The number of aliphatic hydroxyl groups excluding tert-OH is 1. The number of benzene rings is 2. The molecule has 2 N–H and O–H groups in total. The molecule has 26 heavy (non-hydrogen) atoms. The average Bonchev–Trinajstić information content (AvgIpc) is 2.60. The molecule has 0 atom stereocenters. The van der Waals surface area contributed by atoms with E-state index in [4.69, 9.17) is 9.47 Å². The Bertz CT molecular complexity index is 711. The van der Waals surface area contributed by atoms with Crippen molar-refractivity contribution in [2.75, 3.05) is 13.7 Å². The van der Waals surface area contributed by atoms with Gasteiger partial charge in [0.1, 0.15) is 12.4 Å². The molecule has 2 aromatic rings. The predicted octanol–water partition coefficient (Wildman–Crippen LogP) is 4.46. The molecule has 0 saturated carbocycles. The summed E-state index contributed by atoms with van der Waals surface area (Å²) in [7, 11) is 1.58. The normalized spacial score (nSPS) is 11.0. The topological polar surface area (TPSA) is 50.7 Å². The van der Waals surface area contributed by atoms with Crippen LogP contribution < -0.4 is 14.8 Å². The zero-order chi connectivity index (χ0) is 18.4. The quantitative estimate of drug-likeness (QED) is 0.626. The summed E-state index contributed by atoms with van der Waals surface area (Å²) < 4.78 is 25.0. The molecule has 0 aliphatic rings. The number of aliphatic hydroxyl groups is 1. The van der Waals surface area contributed by atoms with Crippen molar-refractivity contribution in [2.45, 2.75) is 32.5 Å². The standard InChI is InChI=1S/C19H23BrFNO3.ClH/c1-19(2,12-23)22-10-14-8-16(20)18(17(9-14)24-3)25-11-13-4-6-15(21)7-5-13;/h4-9,22-23H,10-12H2,1-3H3;1H. The second-order valence-corrected chi connectivity index (χ2v) is 7.27. The van der Waals surface area contributed by atoms with E-state index in [9.17, 15) is 9.50 Å². The van der Waals surface area contributed by atoms with Crippen LogP contribution in [0.5, 0.6) is 11.5 Å². The number of rotatable bonds is 8. The second kappa shape index (κ2) is 10.1. The number of methoxy groups -OCH3 is 1. The Kier molecular flexibility index (Phi) is 8.83. The van der Waals surface area contributed by atoms with Crippen molar-refractivity contribution in [1.82, 2.24) is 5.32 Å². The van der Waals surface area contributed by atoms with E-state index in [0.717, 1.165) is 15.6 Å². The molecule has 4 nitrogen and oxygen atoms in total. The molecular formula is C19H24BrClFNO3. The van der Waals surface area contributed by atoms with Crippen LogP contribution in [0.2, 0.25) is 0 Å². The van der Waals surface area contributed by atoms with Gasteiger partial charge in [-0.05, 0) is 65.2 Å². The molecule has 0 fully saturated rings. The van der Waals surface area contributed by atoms with Gasteiger partial charge in [-0.25, -0.2) is 4.39 Å². The lowest BCUT2D eigenvalue weighted by molar-refractivity contribution is 0.187. The zero-order valence-corrected chi connectivity index (χ0v) is 17.4. The maximum atomic E-state index is 13.0. The average molecular weight is 449 g/mol. The van der Waals surface area contributed by atoms with E-state index in [1.165, 1.54) is 12.1 Å². The second-order valence-electron chi connectivity index (χ2n) is 6.42. The third-order valence-corrected chi connectivity index (χ3v) is 4.34. The minimum Gasteiger partial charge on any atom is -0.493 e. The molecule has 0 unspecified atom stereocenters. The molecule has 0 spiro atoms. The Hall–Kier alpha value is -1.34. The van der Waals surface area contributed by atoms with Gasteiger partial charge in [-0.1, -0.05) is 12.1 Å². The van der Waals surface area contributed by atoms with Crippen molar-refractivity contribution in [1.29, 1.82) is 0 Å². The summed E-state index contributed by atoms with van der Waals surface area (Å²) in [4.78, 5) is 0. The van der Waals surface area contributed by atoms with Crippen LogP contribution in [0.15, 0.2) is 40.9 Å². The van der Waals surface area contributed by atoms with E-state index in [1.54, 1.807) is 19.2 Å². The van der Waals surface area contributed by atoms with E-state index in [-0.39, 0.29) is 30.4 Å². The molecule has 144 valence electrons. The summed E-state index contributed by atoms with van der Waals surface area (Å²) in [5.74, 6) is 0.928. The number of nitrogens with one attached hydrogen (secondary N) is 1. The van der Waals surface area contributed by atoms with Gasteiger partial charge < -0.3 is 19.9 Å². The first-order chi connectivity index (χ1) is 11.8. The highest BCUT2D eigenvalue weighted by Crippen LogP contribution is 2.37. The molecule has 0 radical (unpaired) electrons. The molecule has 0 heterocycles. The lowest BCUT2D eigenvalue weighted by Crippen LogP contribution is -2.42. The largest absolute Gasteiger partial charge is 0.493 e. The van der Waals surface area contributed by atoms with Gasteiger partial charge in [0, 0.05) is 12.1 Å². The molecule has 0 aromatic heterocycles. The minimum absolute atomic E-state index is 0. The molecule has 0 aliphatic carbocycles. The van der Waals surface area contributed by atoms with Gasteiger partial charge >= 0.3 is 0 Å². The summed E-state index contributed by atoms with van der Waals surface area (Å²) in [6, 6.07) is 10.0. The Labute approximate surface area is 168 Å². The number of halogens is 3. The van der Waals surface area contributed by atoms with Crippen molar-refractivity contribution in [3.05, 3.63) is 57.8 Å². The van der Waals surface area contributed by atoms with E-state index < -0.39 is 0 Å². The van der Waals surface area contributed by atoms with Gasteiger partial charge in [-0.3, -0.25) is 0 Å². The van der Waals surface area contributed by atoms with Crippen LogP contribution in [-0.4, -0.2) is 24.4 Å². The van der Waals surface area contributed by atoms with Crippen LogP contribution >= 0.6 is 28.3 Å². The lowest BCUT2D eigenvalue weighted by atomic mass is 10.1. The molecule has 0 bridgehead atoms. The molecule has 2 aromatic carbocycles. The Balaban J connectivity index is 0.00000338. The first-order valence-corrected chi connectivity index (χ1v) is 8.73. The predicted molar refractivity (Wildman–Crippen MR) is 107 cm³/mol. The molecule has 0 aliphatic heterocycles. The van der Waals surface area contributed by atoms with Crippen molar-refractivity contribution >= 4 is 28.3 Å². The van der Waals surface area contributed by atoms with Crippen molar-refractivity contribution in [3.63, 3.8) is 0 Å². The Morgan fingerprint density at radius 1 is 1.15 bits per heavy atom. The van der Waals surface area contributed by atoms with E-state index in [2.05, 4.69) is 21.2 Å². The van der Waals surface area contributed by atoms with Gasteiger partial charge in [-0.2, -0.15) is 0 Å². The van der Waals surface area contributed by atoms with Gasteiger partial charge in [0.05, 0.1) is 18.2 Å². The first kappa shape index (κ1) is 22.7. The summed E-state index contributed by atoms with van der Waals surface area (Å²) in [6.45, 7) is 4.80. The van der Waals surface area contributed by atoms with Gasteiger partial charge in [0.25, 0.3) is 0 Å². The number of hydrogen-bond acceptors (Lipinski definition) is 4. The van der Waals surface area contributed by atoms with Crippen molar-refractivity contribution in [2.24, 2.45) is 0 Å². The van der Waals surface area contributed by atoms with Crippen molar-refractivity contribution < 1.29 is 19.0 Å². The number of hydrogen-bond donors (Lipinski definition) is 2. The van der Waals surface area contributed by atoms with E-state index in [0.29, 0.717) is 24.7 Å². The Morgan fingerprint density at radius 2 is 1.81 bits per heavy atom. The molecule has 0 saturated heterocycles. The fraction of sp³-hybridized carbons (Fsp3) is 0.368. The molecular weight excluding hydrogens is 425 g/mol.